The first-order chi connectivity index (χ1) is 14.0. The fraction of sp³-hybridized carbons (Fsp3) is 0.480. The minimum Gasteiger partial charge on any atom is -0.468 e. The molecular formula is C25H33NO3. The molecule has 0 radical (unpaired) electrons. The average Bonchev–Trinajstić information content (AvgIpc) is 3.25. The number of nitrogens with zero attached hydrogens (tertiary/aromatic N) is 1. The van der Waals surface area contributed by atoms with E-state index in [1.165, 1.54) is 12.7 Å². The number of likely N-dealkylation sites (tertiary alicyclic amines) is 1. The van der Waals surface area contributed by atoms with E-state index >= 15 is 0 Å². The van der Waals surface area contributed by atoms with Gasteiger partial charge in [0.1, 0.15) is 0 Å². The second-order valence-corrected chi connectivity index (χ2v) is 8.20. The van der Waals surface area contributed by atoms with E-state index in [0.29, 0.717) is 6.61 Å². The molecule has 1 saturated heterocycles. The zero-order valence-electron chi connectivity index (χ0n) is 17.7. The number of rotatable bonds is 6. The van der Waals surface area contributed by atoms with E-state index in [0.717, 1.165) is 56.6 Å². The molecule has 0 spiro atoms. The highest BCUT2D eigenvalue weighted by atomic mass is 16.5. The largest absolute Gasteiger partial charge is 0.468 e. The second kappa shape index (κ2) is 10.0. The molecule has 1 aromatic carbocycles. The standard InChI is InChI=1S/C25H33NO3/c1-20-13-17-29-16-7-8-21(18-20)11-14-26-15-12-23(19-26)25(2,24(27)28-3)22-9-5-4-6-10-22/h4-10,18,23H,1,11-17,19H2,2-3H3/b8-7-,21-18+/t23?,25-/m0/s1. The summed E-state index contributed by atoms with van der Waals surface area (Å²) in [5.41, 5.74) is 2.83. The van der Waals surface area contributed by atoms with Crippen molar-refractivity contribution in [2.45, 2.75) is 31.6 Å². The minimum atomic E-state index is -0.617. The first kappa shape index (κ1) is 21.5. The summed E-state index contributed by atoms with van der Waals surface area (Å²) in [5, 5.41) is 0. The highest BCUT2D eigenvalue weighted by molar-refractivity contribution is 5.83. The summed E-state index contributed by atoms with van der Waals surface area (Å²) >= 11 is 0. The summed E-state index contributed by atoms with van der Waals surface area (Å²) in [6, 6.07) is 10.1. The Balaban J connectivity index is 1.66. The molecule has 0 amide bonds. The molecule has 4 heteroatoms. The Morgan fingerprint density at radius 2 is 2.14 bits per heavy atom. The third-order valence-corrected chi connectivity index (χ3v) is 6.29. The van der Waals surface area contributed by atoms with Gasteiger partial charge in [-0.25, -0.2) is 0 Å². The fourth-order valence-corrected chi connectivity index (χ4v) is 4.40. The molecule has 4 nitrogen and oxygen atoms in total. The van der Waals surface area contributed by atoms with Gasteiger partial charge in [0.05, 0.1) is 25.7 Å². The minimum absolute atomic E-state index is 0.145. The number of methoxy groups -OCH3 is 1. The highest BCUT2D eigenvalue weighted by Gasteiger charge is 2.46. The third-order valence-electron chi connectivity index (χ3n) is 6.29. The maximum absolute atomic E-state index is 12.8. The molecule has 2 atom stereocenters. The Hall–Kier alpha value is -2.17. The third kappa shape index (κ3) is 5.26. The summed E-state index contributed by atoms with van der Waals surface area (Å²) in [6.07, 6.45) is 9.29. The number of ether oxygens (including phenoxy) is 2. The first-order valence-electron chi connectivity index (χ1n) is 10.5. The molecule has 1 unspecified atom stereocenters. The topological polar surface area (TPSA) is 38.8 Å². The summed E-state index contributed by atoms with van der Waals surface area (Å²) < 4.78 is 10.8. The lowest BCUT2D eigenvalue weighted by atomic mass is 9.71. The second-order valence-electron chi connectivity index (χ2n) is 8.20. The molecule has 2 aliphatic rings. The quantitative estimate of drug-likeness (QED) is 0.674. The molecule has 2 aliphatic heterocycles. The summed E-state index contributed by atoms with van der Waals surface area (Å²) in [6.45, 7) is 10.5. The van der Waals surface area contributed by atoms with Crippen LogP contribution in [0.3, 0.4) is 0 Å². The van der Waals surface area contributed by atoms with Crippen molar-refractivity contribution >= 4 is 5.97 Å². The highest BCUT2D eigenvalue weighted by Crippen LogP contribution is 2.39. The van der Waals surface area contributed by atoms with Gasteiger partial charge in [0.15, 0.2) is 0 Å². The van der Waals surface area contributed by atoms with Crippen molar-refractivity contribution in [3.05, 3.63) is 71.8 Å². The van der Waals surface area contributed by atoms with Gasteiger partial charge in [-0.3, -0.25) is 4.79 Å². The zero-order valence-corrected chi connectivity index (χ0v) is 17.7. The number of carbonyl (C=O) groups is 1. The van der Waals surface area contributed by atoms with E-state index in [4.69, 9.17) is 9.47 Å². The number of allylic oxidation sites excluding steroid dienone is 2. The molecule has 0 aliphatic carbocycles. The normalized spacial score (nSPS) is 25.8. The lowest BCUT2D eigenvalue weighted by Gasteiger charge is -2.33. The number of benzene rings is 1. The summed E-state index contributed by atoms with van der Waals surface area (Å²) in [5.74, 6) is 0.0968. The Morgan fingerprint density at radius 1 is 1.34 bits per heavy atom. The van der Waals surface area contributed by atoms with Crippen LogP contribution < -0.4 is 0 Å². The molecule has 0 N–H and O–H groups in total. The van der Waals surface area contributed by atoms with Gasteiger partial charge in [-0.2, -0.15) is 0 Å². The van der Waals surface area contributed by atoms with Crippen LogP contribution in [0.25, 0.3) is 0 Å². The molecule has 0 aromatic heterocycles. The van der Waals surface area contributed by atoms with Gasteiger partial charge in [-0.15, -0.1) is 0 Å². The fourth-order valence-electron chi connectivity index (χ4n) is 4.40. The van der Waals surface area contributed by atoms with Crippen molar-refractivity contribution in [1.29, 1.82) is 0 Å². The van der Waals surface area contributed by atoms with Crippen LogP contribution >= 0.6 is 0 Å². The molecule has 156 valence electrons. The van der Waals surface area contributed by atoms with Crippen molar-refractivity contribution in [2.75, 3.05) is 40.0 Å². The van der Waals surface area contributed by atoms with Crippen LogP contribution in [0.2, 0.25) is 0 Å². The van der Waals surface area contributed by atoms with E-state index < -0.39 is 5.41 Å². The van der Waals surface area contributed by atoms with Crippen molar-refractivity contribution in [3.63, 3.8) is 0 Å². The maximum Gasteiger partial charge on any atom is 0.316 e. The summed E-state index contributed by atoms with van der Waals surface area (Å²) in [4.78, 5) is 15.3. The number of esters is 1. The van der Waals surface area contributed by atoms with Gasteiger partial charge in [0, 0.05) is 13.1 Å². The Labute approximate surface area is 174 Å². The lowest BCUT2D eigenvalue weighted by Crippen LogP contribution is -2.42. The van der Waals surface area contributed by atoms with E-state index in [9.17, 15) is 4.79 Å². The van der Waals surface area contributed by atoms with Crippen molar-refractivity contribution in [3.8, 4) is 0 Å². The molecule has 3 rings (SSSR count). The smallest absolute Gasteiger partial charge is 0.316 e. The van der Waals surface area contributed by atoms with Crippen LogP contribution in [0.1, 0.15) is 31.7 Å². The maximum atomic E-state index is 12.8. The molecule has 0 bridgehead atoms. The van der Waals surface area contributed by atoms with Gasteiger partial charge < -0.3 is 14.4 Å². The van der Waals surface area contributed by atoms with Crippen molar-refractivity contribution in [1.82, 2.24) is 4.90 Å². The Morgan fingerprint density at radius 3 is 2.90 bits per heavy atom. The molecule has 2 heterocycles. The average molecular weight is 396 g/mol. The van der Waals surface area contributed by atoms with Crippen molar-refractivity contribution < 1.29 is 14.3 Å². The van der Waals surface area contributed by atoms with Crippen LogP contribution in [-0.4, -0.2) is 50.8 Å². The van der Waals surface area contributed by atoms with E-state index in [-0.39, 0.29) is 11.9 Å². The Bertz CT molecular complexity index is 768. The van der Waals surface area contributed by atoms with Gasteiger partial charge in [-0.1, -0.05) is 60.7 Å². The van der Waals surface area contributed by atoms with Gasteiger partial charge in [0.25, 0.3) is 0 Å². The monoisotopic (exact) mass is 395 g/mol. The van der Waals surface area contributed by atoms with Crippen LogP contribution in [0.4, 0.5) is 0 Å². The van der Waals surface area contributed by atoms with Crippen LogP contribution in [0.5, 0.6) is 0 Å². The van der Waals surface area contributed by atoms with Crippen LogP contribution in [0, 0.1) is 5.92 Å². The zero-order chi connectivity index (χ0) is 20.7. The number of hydrogen-bond donors (Lipinski definition) is 0. The SMILES string of the molecule is C=C1/C=C(CCN2CCC([C@@](C)(C(=O)OC)c3ccccc3)C2)\C=C/COCC1. The van der Waals surface area contributed by atoms with E-state index in [1.807, 2.05) is 37.3 Å². The summed E-state index contributed by atoms with van der Waals surface area (Å²) in [7, 11) is 1.49. The molecular weight excluding hydrogens is 362 g/mol. The predicted molar refractivity (Wildman–Crippen MR) is 117 cm³/mol. The van der Waals surface area contributed by atoms with Crippen molar-refractivity contribution in [2.24, 2.45) is 5.92 Å². The van der Waals surface area contributed by atoms with Crippen LogP contribution in [0.15, 0.2) is 66.3 Å². The number of carbonyl (C=O) groups excluding carboxylic acids is 1. The van der Waals surface area contributed by atoms with E-state index in [1.54, 1.807) is 0 Å². The molecule has 1 fully saturated rings. The van der Waals surface area contributed by atoms with Gasteiger partial charge in [0.2, 0.25) is 0 Å². The van der Waals surface area contributed by atoms with Gasteiger partial charge in [-0.05, 0) is 49.8 Å². The Kier molecular flexibility index (Phi) is 7.45. The lowest BCUT2D eigenvalue weighted by molar-refractivity contribution is -0.149. The van der Waals surface area contributed by atoms with E-state index in [2.05, 4.69) is 29.7 Å². The molecule has 1 aromatic rings. The first-order valence-corrected chi connectivity index (χ1v) is 10.5. The molecule has 0 saturated carbocycles. The predicted octanol–water partition coefficient (Wildman–Crippen LogP) is 4.29. The van der Waals surface area contributed by atoms with Crippen LogP contribution in [-0.2, 0) is 19.7 Å². The number of hydrogen-bond acceptors (Lipinski definition) is 4. The van der Waals surface area contributed by atoms with Gasteiger partial charge >= 0.3 is 5.97 Å². The molecule has 29 heavy (non-hydrogen) atoms.